The molecule has 0 spiro atoms. The number of hydrogen-bond acceptors (Lipinski definition) is 5. The molecule has 1 aromatic carbocycles. The minimum absolute atomic E-state index is 0.0512. The molecule has 0 bridgehead atoms. The molecule has 0 radical (unpaired) electrons. The van der Waals surface area contributed by atoms with E-state index in [0.717, 1.165) is 0 Å². The van der Waals surface area contributed by atoms with Crippen LogP contribution in [0.2, 0.25) is 0 Å². The molecule has 6 heteroatoms. The molecule has 1 aliphatic rings. The van der Waals surface area contributed by atoms with Crippen molar-refractivity contribution in [1.82, 2.24) is 0 Å². The first-order chi connectivity index (χ1) is 9.35. The molecule has 0 aliphatic carbocycles. The van der Waals surface area contributed by atoms with Crippen LogP contribution in [-0.2, 0) is 14.6 Å². The Hall–Kier alpha value is -1.69. The molecule has 2 rings (SSSR count). The van der Waals surface area contributed by atoms with Gasteiger partial charge in [0.25, 0.3) is 0 Å². The van der Waals surface area contributed by atoms with E-state index in [2.05, 4.69) is 0 Å². The summed E-state index contributed by atoms with van der Waals surface area (Å²) in [6.07, 6.45) is 0.592. The minimum Gasteiger partial charge on any atom is -0.426 e. The van der Waals surface area contributed by atoms with Crippen LogP contribution < -0.4 is 4.74 Å². The number of hydrogen-bond donors (Lipinski definition) is 0. The summed E-state index contributed by atoms with van der Waals surface area (Å²) >= 11 is 0. The number of carbonyl (C=O) groups is 2. The van der Waals surface area contributed by atoms with Crippen molar-refractivity contribution in [3.05, 3.63) is 29.8 Å². The van der Waals surface area contributed by atoms with Gasteiger partial charge in [0, 0.05) is 12.0 Å². The second-order valence-electron chi connectivity index (χ2n) is 5.03. The van der Waals surface area contributed by atoms with Gasteiger partial charge in [-0.3, -0.25) is 9.59 Å². The molecule has 1 atom stereocenters. The summed E-state index contributed by atoms with van der Waals surface area (Å²) in [5.74, 6) is -0.231. The number of rotatable bonds is 4. The van der Waals surface area contributed by atoms with E-state index in [-0.39, 0.29) is 29.6 Å². The third-order valence-electron chi connectivity index (χ3n) is 3.25. The lowest BCUT2D eigenvalue weighted by Crippen LogP contribution is -2.15. The van der Waals surface area contributed by atoms with Crippen molar-refractivity contribution in [1.29, 1.82) is 0 Å². The Morgan fingerprint density at radius 2 is 2.10 bits per heavy atom. The van der Waals surface area contributed by atoms with Crippen LogP contribution in [0.3, 0.4) is 0 Å². The second-order valence-corrected chi connectivity index (χ2v) is 7.26. The Morgan fingerprint density at radius 1 is 1.35 bits per heavy atom. The third-order valence-corrected chi connectivity index (χ3v) is 5.09. The van der Waals surface area contributed by atoms with Crippen LogP contribution in [0.5, 0.6) is 5.75 Å². The largest absolute Gasteiger partial charge is 0.426 e. The summed E-state index contributed by atoms with van der Waals surface area (Å²) < 4.78 is 27.8. The maximum atomic E-state index is 11.8. The maximum Gasteiger partial charge on any atom is 0.311 e. The molecular formula is C14H16O5S. The molecule has 1 aromatic rings. The standard InChI is InChI=1S/C14H16O5S/c1-10(15)12-3-2-4-13(8-12)19-14(16)7-11-5-6-20(17,18)9-11/h2-4,8,11H,5-7,9H2,1H3. The highest BCUT2D eigenvalue weighted by Gasteiger charge is 2.29. The van der Waals surface area contributed by atoms with Crippen molar-refractivity contribution in [2.75, 3.05) is 11.5 Å². The zero-order chi connectivity index (χ0) is 14.8. The van der Waals surface area contributed by atoms with Crippen molar-refractivity contribution in [3.63, 3.8) is 0 Å². The van der Waals surface area contributed by atoms with E-state index in [0.29, 0.717) is 17.7 Å². The van der Waals surface area contributed by atoms with Crippen LogP contribution in [0.15, 0.2) is 24.3 Å². The Morgan fingerprint density at radius 3 is 2.70 bits per heavy atom. The Bertz CT molecular complexity index is 633. The summed E-state index contributed by atoms with van der Waals surface area (Å²) in [5, 5.41) is 0. The van der Waals surface area contributed by atoms with Gasteiger partial charge in [0.15, 0.2) is 15.6 Å². The summed E-state index contributed by atoms with van der Waals surface area (Å²) in [6.45, 7) is 1.43. The summed E-state index contributed by atoms with van der Waals surface area (Å²) in [7, 11) is -2.98. The quantitative estimate of drug-likeness (QED) is 0.479. The normalized spacial score (nSPS) is 20.6. The zero-order valence-electron chi connectivity index (χ0n) is 11.2. The molecule has 20 heavy (non-hydrogen) atoms. The number of sulfone groups is 1. The SMILES string of the molecule is CC(=O)c1cccc(OC(=O)CC2CCS(=O)(=O)C2)c1. The zero-order valence-corrected chi connectivity index (χ0v) is 12.0. The molecule has 0 saturated carbocycles. The fraction of sp³-hybridized carbons (Fsp3) is 0.429. The third kappa shape index (κ3) is 3.90. The van der Waals surface area contributed by atoms with Crippen molar-refractivity contribution in [3.8, 4) is 5.75 Å². The molecule has 0 N–H and O–H groups in total. The summed E-state index contributed by atoms with van der Waals surface area (Å²) in [4.78, 5) is 23.0. The van der Waals surface area contributed by atoms with Gasteiger partial charge in [0.05, 0.1) is 11.5 Å². The van der Waals surface area contributed by atoms with Crippen molar-refractivity contribution < 1.29 is 22.7 Å². The Balaban J connectivity index is 1.95. The Labute approximate surface area is 117 Å². The first kappa shape index (κ1) is 14.7. The predicted octanol–water partition coefficient (Wildman–Crippen LogP) is 1.62. The van der Waals surface area contributed by atoms with Gasteiger partial charge in [-0.1, -0.05) is 12.1 Å². The second kappa shape index (κ2) is 5.75. The molecule has 1 saturated heterocycles. The van der Waals surface area contributed by atoms with Gasteiger partial charge in [0.2, 0.25) is 0 Å². The van der Waals surface area contributed by atoms with E-state index in [9.17, 15) is 18.0 Å². The average Bonchev–Trinajstić information content (AvgIpc) is 2.68. The lowest BCUT2D eigenvalue weighted by molar-refractivity contribution is -0.135. The molecule has 0 amide bonds. The van der Waals surface area contributed by atoms with Crippen molar-refractivity contribution in [2.45, 2.75) is 19.8 Å². The predicted molar refractivity (Wildman–Crippen MR) is 73.5 cm³/mol. The number of esters is 1. The van der Waals surface area contributed by atoms with Crippen LogP contribution in [0.25, 0.3) is 0 Å². The summed E-state index contributed by atoms with van der Waals surface area (Å²) in [5.41, 5.74) is 0.471. The highest BCUT2D eigenvalue weighted by molar-refractivity contribution is 7.91. The lowest BCUT2D eigenvalue weighted by Gasteiger charge is -2.08. The number of Topliss-reactive ketones (excluding diaryl/α,β-unsaturated/α-hetero) is 1. The lowest BCUT2D eigenvalue weighted by atomic mass is 10.1. The number of ether oxygens (including phenoxy) is 1. The highest BCUT2D eigenvalue weighted by atomic mass is 32.2. The number of carbonyl (C=O) groups excluding carboxylic acids is 2. The van der Waals surface area contributed by atoms with E-state index >= 15 is 0 Å². The van der Waals surface area contributed by atoms with Gasteiger partial charge < -0.3 is 4.74 Å². The molecule has 108 valence electrons. The summed E-state index contributed by atoms with van der Waals surface area (Å²) in [6, 6.07) is 6.38. The first-order valence-electron chi connectivity index (χ1n) is 6.38. The molecule has 1 heterocycles. The Kier molecular flexibility index (Phi) is 4.23. The molecule has 5 nitrogen and oxygen atoms in total. The first-order valence-corrected chi connectivity index (χ1v) is 8.20. The smallest absolute Gasteiger partial charge is 0.311 e. The molecule has 1 aliphatic heterocycles. The van der Waals surface area contributed by atoms with E-state index < -0.39 is 15.8 Å². The van der Waals surface area contributed by atoms with Crippen LogP contribution >= 0.6 is 0 Å². The topological polar surface area (TPSA) is 77.5 Å². The van der Waals surface area contributed by atoms with Gasteiger partial charge >= 0.3 is 5.97 Å². The minimum atomic E-state index is -2.98. The van der Waals surface area contributed by atoms with Crippen molar-refractivity contribution >= 4 is 21.6 Å². The van der Waals surface area contributed by atoms with E-state index in [4.69, 9.17) is 4.74 Å². The maximum absolute atomic E-state index is 11.8. The van der Waals surface area contributed by atoms with Crippen LogP contribution in [-0.4, -0.2) is 31.7 Å². The fourth-order valence-corrected chi connectivity index (χ4v) is 4.08. The molecule has 0 aromatic heterocycles. The monoisotopic (exact) mass is 296 g/mol. The van der Waals surface area contributed by atoms with Gasteiger partial charge in [-0.05, 0) is 31.4 Å². The van der Waals surface area contributed by atoms with Gasteiger partial charge in [-0.25, -0.2) is 8.42 Å². The van der Waals surface area contributed by atoms with E-state index in [1.54, 1.807) is 18.2 Å². The van der Waals surface area contributed by atoms with Crippen LogP contribution in [0.4, 0.5) is 0 Å². The highest BCUT2D eigenvalue weighted by Crippen LogP contribution is 2.23. The molecule has 1 unspecified atom stereocenters. The van der Waals surface area contributed by atoms with Crippen LogP contribution in [0, 0.1) is 5.92 Å². The van der Waals surface area contributed by atoms with Gasteiger partial charge in [0.1, 0.15) is 5.75 Å². The van der Waals surface area contributed by atoms with E-state index in [1.807, 2.05) is 0 Å². The van der Waals surface area contributed by atoms with E-state index in [1.165, 1.54) is 13.0 Å². The van der Waals surface area contributed by atoms with Crippen LogP contribution in [0.1, 0.15) is 30.1 Å². The van der Waals surface area contributed by atoms with Gasteiger partial charge in [-0.15, -0.1) is 0 Å². The fourth-order valence-electron chi connectivity index (χ4n) is 2.22. The van der Waals surface area contributed by atoms with Gasteiger partial charge in [-0.2, -0.15) is 0 Å². The number of ketones is 1. The average molecular weight is 296 g/mol. The van der Waals surface area contributed by atoms with Crippen molar-refractivity contribution in [2.24, 2.45) is 5.92 Å². The number of benzene rings is 1. The molecular weight excluding hydrogens is 280 g/mol. The molecule has 1 fully saturated rings.